The molecule has 0 spiro atoms. The Labute approximate surface area is 163 Å². The molecule has 7 heteroatoms. The summed E-state index contributed by atoms with van der Waals surface area (Å²) in [7, 11) is 0. The van der Waals surface area contributed by atoms with E-state index < -0.39 is 0 Å². The summed E-state index contributed by atoms with van der Waals surface area (Å²) >= 11 is 0. The second-order valence-corrected chi connectivity index (χ2v) is 6.32. The van der Waals surface area contributed by atoms with E-state index in [1.165, 1.54) is 0 Å². The van der Waals surface area contributed by atoms with E-state index in [9.17, 15) is 0 Å². The number of benzene rings is 2. The first-order valence-corrected chi connectivity index (χ1v) is 9.11. The van der Waals surface area contributed by atoms with Crippen molar-refractivity contribution < 1.29 is 4.74 Å². The standard InChI is InChI=1S/C21H20N6O/c22-15-16-5-7-17(8-6-16)24-20-9-10-23-21(26-20)25-18-3-1-2-4-19(18)27-11-13-28-14-12-27/h1-10H,11-14H2,(H2,23,24,25,26). The Morgan fingerprint density at radius 2 is 1.75 bits per heavy atom. The molecule has 7 nitrogen and oxygen atoms in total. The number of para-hydroxylation sites is 2. The van der Waals surface area contributed by atoms with Gasteiger partial charge in [-0.05, 0) is 42.5 Å². The molecule has 1 aliphatic heterocycles. The molecule has 1 saturated heterocycles. The zero-order valence-electron chi connectivity index (χ0n) is 15.3. The summed E-state index contributed by atoms with van der Waals surface area (Å²) in [5, 5.41) is 15.5. The van der Waals surface area contributed by atoms with E-state index in [2.05, 4.69) is 37.6 Å². The fourth-order valence-corrected chi connectivity index (χ4v) is 3.04. The van der Waals surface area contributed by atoms with Crippen molar-refractivity contribution in [3.05, 3.63) is 66.4 Å². The molecular weight excluding hydrogens is 352 g/mol. The van der Waals surface area contributed by atoms with Crippen LogP contribution in [0.1, 0.15) is 5.56 Å². The van der Waals surface area contributed by atoms with Gasteiger partial charge in [-0.25, -0.2) is 4.98 Å². The quantitative estimate of drug-likeness (QED) is 0.706. The van der Waals surface area contributed by atoms with E-state index in [1.807, 2.05) is 30.3 Å². The van der Waals surface area contributed by atoms with Gasteiger partial charge in [-0.3, -0.25) is 0 Å². The SMILES string of the molecule is N#Cc1ccc(Nc2ccnc(Nc3ccccc3N3CCOCC3)n2)cc1. The fraction of sp³-hybridized carbons (Fsp3) is 0.190. The Bertz CT molecular complexity index is 977. The van der Waals surface area contributed by atoms with Crippen LogP contribution in [-0.4, -0.2) is 36.3 Å². The summed E-state index contributed by atoms with van der Waals surface area (Å²) in [5.74, 6) is 1.19. The third-order valence-corrected chi connectivity index (χ3v) is 4.44. The van der Waals surface area contributed by atoms with Crippen molar-refractivity contribution in [3.8, 4) is 6.07 Å². The zero-order chi connectivity index (χ0) is 19.2. The Hall–Kier alpha value is -3.63. The summed E-state index contributed by atoms with van der Waals surface area (Å²) in [6.45, 7) is 3.18. The van der Waals surface area contributed by atoms with E-state index in [-0.39, 0.29) is 0 Å². The molecule has 1 fully saturated rings. The molecule has 0 aliphatic carbocycles. The van der Waals surface area contributed by atoms with Crippen LogP contribution in [0.5, 0.6) is 0 Å². The van der Waals surface area contributed by atoms with Gasteiger partial charge in [0.2, 0.25) is 5.95 Å². The van der Waals surface area contributed by atoms with Gasteiger partial charge in [0.1, 0.15) is 5.82 Å². The lowest BCUT2D eigenvalue weighted by molar-refractivity contribution is 0.123. The van der Waals surface area contributed by atoms with Gasteiger partial charge in [0.25, 0.3) is 0 Å². The van der Waals surface area contributed by atoms with Crippen LogP contribution < -0.4 is 15.5 Å². The predicted octanol–water partition coefficient (Wildman–Crippen LogP) is 3.67. The highest BCUT2D eigenvalue weighted by Crippen LogP contribution is 2.28. The normalized spacial score (nSPS) is 13.6. The monoisotopic (exact) mass is 372 g/mol. The van der Waals surface area contributed by atoms with Crippen LogP contribution in [0, 0.1) is 11.3 Å². The van der Waals surface area contributed by atoms with Gasteiger partial charge in [-0.2, -0.15) is 10.2 Å². The van der Waals surface area contributed by atoms with Crippen LogP contribution >= 0.6 is 0 Å². The minimum atomic E-state index is 0.513. The van der Waals surface area contributed by atoms with Crippen LogP contribution in [0.3, 0.4) is 0 Å². The highest BCUT2D eigenvalue weighted by atomic mass is 16.5. The van der Waals surface area contributed by atoms with Crippen LogP contribution in [0.15, 0.2) is 60.8 Å². The largest absolute Gasteiger partial charge is 0.378 e. The number of nitrogens with zero attached hydrogens (tertiary/aromatic N) is 4. The van der Waals surface area contributed by atoms with Crippen LogP contribution in [0.4, 0.5) is 28.8 Å². The van der Waals surface area contributed by atoms with Gasteiger partial charge in [-0.15, -0.1) is 0 Å². The summed E-state index contributed by atoms with van der Waals surface area (Å²) in [6, 6.07) is 19.3. The third-order valence-electron chi connectivity index (χ3n) is 4.44. The Balaban J connectivity index is 1.51. The molecule has 28 heavy (non-hydrogen) atoms. The number of ether oxygens (including phenoxy) is 1. The maximum Gasteiger partial charge on any atom is 0.229 e. The molecule has 0 amide bonds. The molecule has 0 radical (unpaired) electrons. The second kappa shape index (κ2) is 8.37. The van der Waals surface area contributed by atoms with E-state index in [0.717, 1.165) is 43.4 Å². The van der Waals surface area contributed by atoms with E-state index in [4.69, 9.17) is 10.00 Å². The highest BCUT2D eigenvalue weighted by Gasteiger charge is 2.15. The molecule has 2 heterocycles. The number of aromatic nitrogens is 2. The molecule has 0 atom stereocenters. The molecule has 0 bridgehead atoms. The van der Waals surface area contributed by atoms with E-state index >= 15 is 0 Å². The van der Waals surface area contributed by atoms with Crippen molar-refractivity contribution in [2.75, 3.05) is 41.8 Å². The lowest BCUT2D eigenvalue weighted by Gasteiger charge is -2.30. The van der Waals surface area contributed by atoms with Crippen molar-refractivity contribution in [3.63, 3.8) is 0 Å². The lowest BCUT2D eigenvalue weighted by Crippen LogP contribution is -2.36. The molecule has 140 valence electrons. The average Bonchev–Trinajstić information content (AvgIpc) is 2.76. The lowest BCUT2D eigenvalue weighted by atomic mass is 10.2. The number of anilines is 5. The number of nitrogens with one attached hydrogen (secondary N) is 2. The van der Waals surface area contributed by atoms with Crippen molar-refractivity contribution in [2.45, 2.75) is 0 Å². The van der Waals surface area contributed by atoms with E-state index in [1.54, 1.807) is 24.4 Å². The van der Waals surface area contributed by atoms with Crippen molar-refractivity contribution in [1.82, 2.24) is 9.97 Å². The Morgan fingerprint density at radius 1 is 0.964 bits per heavy atom. The van der Waals surface area contributed by atoms with Crippen LogP contribution in [0.25, 0.3) is 0 Å². The summed E-state index contributed by atoms with van der Waals surface area (Å²) in [4.78, 5) is 11.2. The molecule has 2 N–H and O–H groups in total. The zero-order valence-corrected chi connectivity index (χ0v) is 15.3. The second-order valence-electron chi connectivity index (χ2n) is 6.32. The highest BCUT2D eigenvalue weighted by molar-refractivity contribution is 5.74. The summed E-state index contributed by atoms with van der Waals surface area (Å²) < 4.78 is 5.45. The number of rotatable bonds is 5. The van der Waals surface area contributed by atoms with Gasteiger partial charge in [0.05, 0.1) is 36.2 Å². The Kier molecular flexibility index (Phi) is 5.31. The van der Waals surface area contributed by atoms with Gasteiger partial charge in [0.15, 0.2) is 0 Å². The van der Waals surface area contributed by atoms with Gasteiger partial charge >= 0.3 is 0 Å². The number of hydrogen-bond donors (Lipinski definition) is 2. The Morgan fingerprint density at radius 3 is 2.54 bits per heavy atom. The molecule has 1 aromatic heterocycles. The minimum absolute atomic E-state index is 0.513. The molecular formula is C21H20N6O. The molecule has 1 aliphatic rings. The van der Waals surface area contributed by atoms with Gasteiger partial charge < -0.3 is 20.3 Å². The number of morpholine rings is 1. The third kappa shape index (κ3) is 4.19. The summed E-state index contributed by atoms with van der Waals surface area (Å²) in [5.41, 5.74) is 3.55. The average molecular weight is 372 g/mol. The van der Waals surface area contributed by atoms with Crippen LogP contribution in [-0.2, 0) is 4.74 Å². The number of nitriles is 1. The van der Waals surface area contributed by atoms with Crippen molar-refractivity contribution in [2.24, 2.45) is 0 Å². The van der Waals surface area contributed by atoms with Crippen LogP contribution in [0.2, 0.25) is 0 Å². The van der Waals surface area contributed by atoms with Gasteiger partial charge in [0, 0.05) is 25.0 Å². The summed E-state index contributed by atoms with van der Waals surface area (Å²) in [6.07, 6.45) is 1.71. The molecule has 0 unspecified atom stereocenters. The molecule has 3 aromatic rings. The fourth-order valence-electron chi connectivity index (χ4n) is 3.04. The minimum Gasteiger partial charge on any atom is -0.378 e. The van der Waals surface area contributed by atoms with E-state index in [0.29, 0.717) is 17.3 Å². The first kappa shape index (κ1) is 17.8. The molecule has 0 saturated carbocycles. The molecule has 2 aromatic carbocycles. The number of hydrogen-bond acceptors (Lipinski definition) is 7. The van der Waals surface area contributed by atoms with Crippen molar-refractivity contribution >= 4 is 28.8 Å². The predicted molar refractivity (Wildman–Crippen MR) is 109 cm³/mol. The first-order chi connectivity index (χ1) is 13.8. The van der Waals surface area contributed by atoms with Gasteiger partial charge in [-0.1, -0.05) is 12.1 Å². The maximum absolute atomic E-state index is 8.90. The maximum atomic E-state index is 8.90. The molecule has 4 rings (SSSR count). The first-order valence-electron chi connectivity index (χ1n) is 9.11. The van der Waals surface area contributed by atoms with Crippen molar-refractivity contribution in [1.29, 1.82) is 5.26 Å². The smallest absolute Gasteiger partial charge is 0.229 e. The topological polar surface area (TPSA) is 86.1 Å².